The molecule has 144 valence electrons. The first kappa shape index (κ1) is 18.4. The number of nitrogens with zero attached hydrogens (tertiary/aromatic N) is 2. The molecule has 0 saturated carbocycles. The zero-order valence-corrected chi connectivity index (χ0v) is 16.0. The lowest BCUT2D eigenvalue weighted by Crippen LogP contribution is -2.55. The number of hydrogen-bond donors (Lipinski definition) is 1. The van der Waals surface area contributed by atoms with Crippen molar-refractivity contribution in [2.45, 2.75) is 6.92 Å². The van der Waals surface area contributed by atoms with Gasteiger partial charge in [0.05, 0.1) is 16.1 Å². The fourth-order valence-electron chi connectivity index (χ4n) is 2.93. The maximum absolute atomic E-state index is 13.5. The molecule has 1 fully saturated rings. The summed E-state index contributed by atoms with van der Waals surface area (Å²) in [6.45, 7) is 2.38. The number of para-hydroxylation sites is 1. The molecule has 2 amide bonds. The molecule has 28 heavy (non-hydrogen) atoms. The number of carbonyl (C=O) groups excluding carboxylic acids is 2. The molecule has 8 heteroatoms. The molecule has 2 aromatic carbocycles. The van der Waals surface area contributed by atoms with Crippen LogP contribution in [0.25, 0.3) is 10.2 Å². The van der Waals surface area contributed by atoms with E-state index in [0.717, 1.165) is 15.8 Å². The van der Waals surface area contributed by atoms with E-state index < -0.39 is 5.82 Å². The van der Waals surface area contributed by atoms with Crippen LogP contribution in [0, 0.1) is 18.7 Å². The fraction of sp³-hybridized carbons (Fsp3) is 0.250. The number of fused-ring (bicyclic) bond motifs is 1. The molecule has 0 radical (unpaired) electrons. The second-order valence-corrected chi connectivity index (χ2v) is 7.72. The van der Waals surface area contributed by atoms with E-state index in [1.165, 1.54) is 28.4 Å². The Morgan fingerprint density at radius 2 is 2.07 bits per heavy atom. The van der Waals surface area contributed by atoms with Gasteiger partial charge in [0.2, 0.25) is 5.91 Å². The lowest BCUT2D eigenvalue weighted by atomic mass is 9.99. The highest BCUT2D eigenvalue weighted by Gasteiger charge is 2.36. The Morgan fingerprint density at radius 1 is 1.29 bits per heavy atom. The third kappa shape index (κ3) is 3.82. The number of hydrogen-bond acceptors (Lipinski definition) is 5. The van der Waals surface area contributed by atoms with E-state index in [1.807, 2.05) is 25.1 Å². The summed E-state index contributed by atoms with van der Waals surface area (Å²) in [5.41, 5.74) is 1.99. The zero-order chi connectivity index (χ0) is 19.7. The summed E-state index contributed by atoms with van der Waals surface area (Å²) < 4.78 is 19.7. The number of ether oxygens (including phenoxy) is 1. The van der Waals surface area contributed by atoms with Crippen molar-refractivity contribution in [3.63, 3.8) is 0 Å². The number of benzene rings is 2. The van der Waals surface area contributed by atoms with E-state index in [4.69, 9.17) is 4.74 Å². The topological polar surface area (TPSA) is 71.5 Å². The van der Waals surface area contributed by atoms with Crippen LogP contribution in [0.15, 0.2) is 42.5 Å². The minimum Gasteiger partial charge on any atom is -0.481 e. The van der Waals surface area contributed by atoms with Crippen molar-refractivity contribution in [1.82, 2.24) is 9.88 Å². The molecular weight excluding hydrogens is 381 g/mol. The summed E-state index contributed by atoms with van der Waals surface area (Å²) >= 11 is 1.43. The van der Waals surface area contributed by atoms with Gasteiger partial charge >= 0.3 is 0 Å². The van der Waals surface area contributed by atoms with Gasteiger partial charge in [-0.05, 0) is 36.8 Å². The average Bonchev–Trinajstić information content (AvgIpc) is 3.01. The molecule has 3 aromatic rings. The van der Waals surface area contributed by atoms with Crippen molar-refractivity contribution in [3.05, 3.63) is 53.8 Å². The minimum atomic E-state index is -0.512. The Labute approximate surface area is 164 Å². The van der Waals surface area contributed by atoms with E-state index in [1.54, 1.807) is 12.1 Å². The number of rotatable bonds is 5. The van der Waals surface area contributed by atoms with Gasteiger partial charge in [-0.1, -0.05) is 29.5 Å². The van der Waals surface area contributed by atoms with Crippen molar-refractivity contribution < 1.29 is 18.7 Å². The first-order chi connectivity index (χ1) is 13.5. The van der Waals surface area contributed by atoms with Crippen molar-refractivity contribution in [2.75, 3.05) is 25.0 Å². The summed E-state index contributed by atoms with van der Waals surface area (Å²) in [6, 6.07) is 11.9. The SMILES string of the molecule is Cc1ccc2nc(NC(=O)C3CN(C(=O)COc4ccccc4F)C3)sc2c1. The van der Waals surface area contributed by atoms with E-state index >= 15 is 0 Å². The molecule has 0 atom stereocenters. The first-order valence-electron chi connectivity index (χ1n) is 8.83. The van der Waals surface area contributed by atoms with Gasteiger partial charge in [-0.2, -0.15) is 0 Å². The molecular formula is C20H18FN3O3S. The first-order valence-corrected chi connectivity index (χ1v) is 9.64. The maximum atomic E-state index is 13.5. The number of aryl methyl sites for hydroxylation is 1. The predicted octanol–water partition coefficient (Wildman–Crippen LogP) is 3.22. The normalized spacial score (nSPS) is 14.0. The van der Waals surface area contributed by atoms with Gasteiger partial charge in [0, 0.05) is 13.1 Å². The summed E-state index contributed by atoms with van der Waals surface area (Å²) in [6.07, 6.45) is 0. The van der Waals surface area contributed by atoms with E-state index in [2.05, 4.69) is 10.3 Å². The zero-order valence-electron chi connectivity index (χ0n) is 15.1. The number of likely N-dealkylation sites (tertiary alicyclic amines) is 1. The number of carbonyl (C=O) groups is 2. The van der Waals surface area contributed by atoms with Crippen LogP contribution in [0.3, 0.4) is 0 Å². The van der Waals surface area contributed by atoms with Crippen molar-refractivity contribution in [1.29, 1.82) is 0 Å². The molecule has 0 bridgehead atoms. The van der Waals surface area contributed by atoms with Crippen LogP contribution in [0.4, 0.5) is 9.52 Å². The summed E-state index contributed by atoms with van der Waals surface area (Å²) in [4.78, 5) is 30.4. The van der Waals surface area contributed by atoms with Gasteiger partial charge < -0.3 is 15.0 Å². The average molecular weight is 399 g/mol. The summed E-state index contributed by atoms with van der Waals surface area (Å²) in [5.74, 6) is -1.19. The minimum absolute atomic E-state index is 0.0386. The van der Waals surface area contributed by atoms with Crippen molar-refractivity contribution in [2.24, 2.45) is 5.92 Å². The van der Waals surface area contributed by atoms with Gasteiger partial charge in [0.15, 0.2) is 23.3 Å². The quantitative estimate of drug-likeness (QED) is 0.715. The standard InChI is InChI=1S/C20H18FN3O3S/c1-12-6-7-15-17(8-12)28-20(22-15)23-19(26)13-9-24(10-13)18(25)11-27-16-5-3-2-4-14(16)21/h2-8,13H,9-11H2,1H3,(H,22,23,26). The monoisotopic (exact) mass is 399 g/mol. The van der Waals surface area contributed by atoms with Gasteiger partial charge in [-0.15, -0.1) is 0 Å². The Bertz CT molecular complexity index is 1050. The Kier molecular flexibility index (Phi) is 4.95. The molecule has 0 aliphatic carbocycles. The van der Waals surface area contributed by atoms with Crippen LogP contribution >= 0.6 is 11.3 Å². The van der Waals surface area contributed by atoms with E-state index in [-0.39, 0.29) is 30.1 Å². The van der Waals surface area contributed by atoms with Crippen LogP contribution in [-0.2, 0) is 9.59 Å². The van der Waals surface area contributed by atoms with Crippen molar-refractivity contribution >= 4 is 38.5 Å². The third-order valence-electron chi connectivity index (χ3n) is 4.57. The second-order valence-electron chi connectivity index (χ2n) is 6.69. The number of halogens is 1. The molecule has 6 nitrogen and oxygen atoms in total. The van der Waals surface area contributed by atoms with Crippen LogP contribution in [0.2, 0.25) is 0 Å². The number of anilines is 1. The second kappa shape index (κ2) is 7.55. The number of amides is 2. The molecule has 1 N–H and O–H groups in total. The molecule has 2 heterocycles. The lowest BCUT2D eigenvalue weighted by Gasteiger charge is -2.37. The Hall–Kier alpha value is -3.00. The maximum Gasteiger partial charge on any atom is 0.260 e. The molecule has 1 aliphatic heterocycles. The van der Waals surface area contributed by atoms with Crippen LogP contribution < -0.4 is 10.1 Å². The third-order valence-corrected chi connectivity index (χ3v) is 5.50. The molecule has 0 unspecified atom stereocenters. The molecule has 0 spiro atoms. The summed E-state index contributed by atoms with van der Waals surface area (Å²) in [5, 5.41) is 3.38. The fourth-order valence-corrected chi connectivity index (χ4v) is 3.90. The van der Waals surface area contributed by atoms with Gasteiger partial charge in [0.1, 0.15) is 0 Å². The largest absolute Gasteiger partial charge is 0.481 e. The highest BCUT2D eigenvalue weighted by Crippen LogP contribution is 2.28. The smallest absolute Gasteiger partial charge is 0.260 e. The number of aromatic nitrogens is 1. The highest BCUT2D eigenvalue weighted by molar-refractivity contribution is 7.22. The molecule has 4 rings (SSSR count). The molecule has 1 aromatic heterocycles. The van der Waals surface area contributed by atoms with E-state index in [0.29, 0.717) is 18.2 Å². The number of nitrogens with one attached hydrogen (secondary N) is 1. The van der Waals surface area contributed by atoms with E-state index in [9.17, 15) is 14.0 Å². The predicted molar refractivity (Wildman–Crippen MR) is 105 cm³/mol. The Balaban J connectivity index is 1.27. The summed E-state index contributed by atoms with van der Waals surface area (Å²) in [7, 11) is 0. The van der Waals surface area contributed by atoms with Crippen LogP contribution in [-0.4, -0.2) is 41.4 Å². The van der Waals surface area contributed by atoms with Crippen LogP contribution in [0.1, 0.15) is 5.56 Å². The lowest BCUT2D eigenvalue weighted by molar-refractivity contribution is -0.143. The van der Waals surface area contributed by atoms with Crippen molar-refractivity contribution in [3.8, 4) is 5.75 Å². The molecule has 1 aliphatic rings. The van der Waals surface area contributed by atoms with Gasteiger partial charge in [-0.25, -0.2) is 9.37 Å². The van der Waals surface area contributed by atoms with Gasteiger partial charge in [0.25, 0.3) is 5.91 Å². The van der Waals surface area contributed by atoms with Gasteiger partial charge in [-0.3, -0.25) is 9.59 Å². The molecule has 1 saturated heterocycles. The highest BCUT2D eigenvalue weighted by atomic mass is 32.1. The Morgan fingerprint density at radius 3 is 2.86 bits per heavy atom. The number of thiazole rings is 1. The van der Waals surface area contributed by atoms with Crippen LogP contribution in [0.5, 0.6) is 5.75 Å².